The Morgan fingerprint density at radius 2 is 2.11 bits per heavy atom. The zero-order valence-corrected chi connectivity index (χ0v) is 13.6. The van der Waals surface area contributed by atoms with Gasteiger partial charge in [-0.05, 0) is 18.9 Å². The second kappa shape index (κ2) is 5.80. The Morgan fingerprint density at radius 3 is 2.63 bits per heavy atom. The lowest BCUT2D eigenvalue weighted by Gasteiger charge is -2.29. The summed E-state index contributed by atoms with van der Waals surface area (Å²) >= 11 is 0. The number of hydrogen-bond donors (Lipinski definition) is 2. The van der Waals surface area contributed by atoms with Crippen molar-refractivity contribution in [3.8, 4) is 0 Å². The van der Waals surface area contributed by atoms with Crippen LogP contribution in [0.1, 0.15) is 40.3 Å². The van der Waals surface area contributed by atoms with E-state index in [0.717, 1.165) is 5.69 Å². The summed E-state index contributed by atoms with van der Waals surface area (Å²) in [6, 6.07) is 0. The number of carbonyl (C=O) groups is 1. The molecule has 0 aliphatic heterocycles. The molecule has 1 aromatic rings. The second-order valence-corrected chi connectivity index (χ2v) is 8.90. The van der Waals surface area contributed by atoms with Crippen molar-refractivity contribution in [2.24, 2.45) is 5.84 Å². The Labute approximate surface area is 115 Å². The monoisotopic (exact) mass is 285 g/mol. The summed E-state index contributed by atoms with van der Waals surface area (Å²) in [6.45, 7) is 10.4. The van der Waals surface area contributed by atoms with E-state index in [2.05, 4.69) is 36.5 Å². The molecule has 7 nitrogen and oxygen atoms in total. The fourth-order valence-corrected chi connectivity index (χ4v) is 2.43. The van der Waals surface area contributed by atoms with Crippen LogP contribution < -0.4 is 11.3 Å². The topological polar surface area (TPSA) is 95.1 Å². The molecule has 1 rings (SSSR count). The van der Waals surface area contributed by atoms with Crippen LogP contribution in [0.4, 0.5) is 0 Å². The van der Waals surface area contributed by atoms with Gasteiger partial charge in [-0.2, -0.15) is 0 Å². The molecule has 0 spiro atoms. The highest BCUT2D eigenvalue weighted by Crippen LogP contribution is 2.28. The lowest BCUT2D eigenvalue weighted by Crippen LogP contribution is -2.36. The zero-order chi connectivity index (χ0) is 14.7. The number of aromatic nitrogens is 3. The highest BCUT2D eigenvalue weighted by Gasteiger charge is 2.28. The van der Waals surface area contributed by atoms with E-state index in [-0.39, 0.29) is 17.5 Å². The first-order valence-electron chi connectivity index (χ1n) is 6.18. The largest absolute Gasteiger partial charge is 0.413 e. The van der Waals surface area contributed by atoms with Crippen molar-refractivity contribution in [3.63, 3.8) is 0 Å². The summed E-state index contributed by atoms with van der Waals surface area (Å²) in [5.41, 5.74) is 2.33. The molecule has 0 bridgehead atoms. The molecule has 0 aliphatic rings. The Morgan fingerprint density at radius 1 is 1.47 bits per heavy atom. The number of hydrazine groups is 1. The maximum absolute atomic E-state index is 11.3. The van der Waals surface area contributed by atoms with E-state index in [4.69, 9.17) is 10.3 Å². The predicted octanol–water partition coefficient (Wildman–Crippen LogP) is -0.178. The molecule has 1 amide bonds. The lowest BCUT2D eigenvalue weighted by atomic mass is 10.1. The van der Waals surface area contributed by atoms with Gasteiger partial charge in [-0.25, -0.2) is 10.5 Å². The minimum atomic E-state index is -0.719. The summed E-state index contributed by atoms with van der Waals surface area (Å²) in [5.74, 6) is 4.75. The Bertz CT molecular complexity index is 439. The molecular weight excluding hydrogens is 262 g/mol. The van der Waals surface area contributed by atoms with Gasteiger partial charge in [0, 0.05) is 0 Å². The maximum atomic E-state index is 11.3. The van der Waals surface area contributed by atoms with Gasteiger partial charge < -0.3 is 4.43 Å². The first kappa shape index (κ1) is 15.8. The van der Waals surface area contributed by atoms with Crippen LogP contribution in [0.3, 0.4) is 0 Å². The molecule has 0 saturated heterocycles. The van der Waals surface area contributed by atoms with E-state index in [0.29, 0.717) is 0 Å². The Balaban J connectivity index is 2.83. The van der Waals surface area contributed by atoms with Crippen LogP contribution in [0.5, 0.6) is 0 Å². The Hall–Kier alpha value is -1.25. The quantitative estimate of drug-likeness (QED) is 0.339. The van der Waals surface area contributed by atoms with Gasteiger partial charge in [0.25, 0.3) is 5.91 Å². The third-order valence-corrected chi connectivity index (χ3v) is 4.29. The summed E-state index contributed by atoms with van der Waals surface area (Å²) in [7, 11) is -0.719. The molecule has 108 valence electrons. The van der Waals surface area contributed by atoms with Crippen LogP contribution >= 0.6 is 0 Å². The number of carbonyl (C=O) groups excluding carboxylic acids is 1. The maximum Gasteiger partial charge on any atom is 0.255 e. The second-order valence-electron chi connectivity index (χ2n) is 6.20. The highest BCUT2D eigenvalue weighted by molar-refractivity contribution is 6.31. The number of hydrogen-bond acceptors (Lipinski definition) is 5. The van der Waals surface area contributed by atoms with Crippen molar-refractivity contribution in [2.45, 2.75) is 51.8 Å². The minimum absolute atomic E-state index is 0.0374. The minimum Gasteiger partial charge on any atom is -0.413 e. The number of nitrogens with zero attached hydrogens (tertiary/aromatic N) is 3. The molecule has 0 saturated carbocycles. The molecule has 0 fully saturated rings. The molecule has 19 heavy (non-hydrogen) atoms. The van der Waals surface area contributed by atoms with Crippen molar-refractivity contribution in [1.82, 2.24) is 20.4 Å². The van der Waals surface area contributed by atoms with Gasteiger partial charge in [0.05, 0.1) is 17.5 Å². The SMILES string of the molecule is CC(C)(C)[SiH2]OC(C)(C)c1cnnn1CC(=O)NN. The van der Waals surface area contributed by atoms with E-state index in [1.165, 1.54) is 4.68 Å². The molecular formula is C11H23N5O2Si. The first-order valence-corrected chi connectivity index (χ1v) is 7.46. The van der Waals surface area contributed by atoms with Crippen molar-refractivity contribution in [2.75, 3.05) is 0 Å². The first-order chi connectivity index (χ1) is 8.65. The van der Waals surface area contributed by atoms with Crippen LogP contribution in [0.15, 0.2) is 6.20 Å². The molecule has 0 unspecified atom stereocenters. The van der Waals surface area contributed by atoms with Gasteiger partial charge in [-0.15, -0.1) is 5.10 Å². The summed E-state index contributed by atoms with van der Waals surface area (Å²) in [4.78, 5) is 11.3. The fraction of sp³-hybridized carbons (Fsp3) is 0.727. The van der Waals surface area contributed by atoms with Crippen molar-refractivity contribution >= 4 is 15.7 Å². The third kappa shape index (κ3) is 4.73. The number of nitrogens with two attached hydrogens (primary N) is 1. The van der Waals surface area contributed by atoms with Crippen LogP contribution in [0.2, 0.25) is 5.04 Å². The molecule has 0 radical (unpaired) electrons. The average molecular weight is 285 g/mol. The van der Waals surface area contributed by atoms with E-state index in [1.54, 1.807) is 6.20 Å². The van der Waals surface area contributed by atoms with Gasteiger partial charge in [0.2, 0.25) is 0 Å². The van der Waals surface area contributed by atoms with Gasteiger partial charge in [0.1, 0.15) is 6.54 Å². The van der Waals surface area contributed by atoms with E-state index < -0.39 is 15.4 Å². The van der Waals surface area contributed by atoms with Crippen LogP contribution in [0, 0.1) is 0 Å². The van der Waals surface area contributed by atoms with Crippen LogP contribution in [-0.4, -0.2) is 30.7 Å². The number of nitrogens with one attached hydrogen (secondary N) is 1. The molecule has 0 aromatic carbocycles. The van der Waals surface area contributed by atoms with Crippen molar-refractivity contribution in [3.05, 3.63) is 11.9 Å². The fourth-order valence-electron chi connectivity index (χ4n) is 1.49. The standard InChI is InChI=1S/C11H23N5O2Si/c1-10(2,3)19-18-11(4,5)8-6-13-15-16(8)7-9(17)14-12/h6H,7,12,19H2,1-5H3,(H,14,17). The number of amides is 1. The van der Waals surface area contributed by atoms with E-state index >= 15 is 0 Å². The van der Waals surface area contributed by atoms with E-state index in [1.807, 2.05) is 13.8 Å². The van der Waals surface area contributed by atoms with Gasteiger partial charge in [0.15, 0.2) is 9.76 Å². The molecule has 1 heterocycles. The number of rotatable bonds is 5. The van der Waals surface area contributed by atoms with Crippen molar-refractivity contribution < 1.29 is 9.22 Å². The van der Waals surface area contributed by atoms with Crippen LogP contribution in [0.25, 0.3) is 0 Å². The molecule has 1 aromatic heterocycles. The average Bonchev–Trinajstić information content (AvgIpc) is 2.74. The molecule has 0 aliphatic carbocycles. The van der Waals surface area contributed by atoms with Crippen molar-refractivity contribution in [1.29, 1.82) is 0 Å². The summed E-state index contributed by atoms with van der Waals surface area (Å²) in [5, 5.41) is 7.95. The van der Waals surface area contributed by atoms with Crippen LogP contribution in [-0.2, 0) is 21.4 Å². The van der Waals surface area contributed by atoms with Gasteiger partial charge in [-0.3, -0.25) is 10.2 Å². The lowest BCUT2D eigenvalue weighted by molar-refractivity contribution is -0.122. The molecule has 8 heteroatoms. The third-order valence-electron chi connectivity index (χ3n) is 2.55. The van der Waals surface area contributed by atoms with Gasteiger partial charge in [-0.1, -0.05) is 26.0 Å². The molecule has 3 N–H and O–H groups in total. The van der Waals surface area contributed by atoms with Gasteiger partial charge >= 0.3 is 0 Å². The molecule has 0 atom stereocenters. The zero-order valence-electron chi connectivity index (χ0n) is 12.2. The summed E-state index contributed by atoms with van der Waals surface area (Å²) < 4.78 is 7.58. The summed E-state index contributed by atoms with van der Waals surface area (Å²) in [6.07, 6.45) is 1.63. The normalized spacial score (nSPS) is 13.2. The predicted molar refractivity (Wildman–Crippen MR) is 74.7 cm³/mol. The Kier molecular flexibility index (Phi) is 4.83. The van der Waals surface area contributed by atoms with E-state index in [9.17, 15) is 4.79 Å². The smallest absolute Gasteiger partial charge is 0.255 e. The highest BCUT2D eigenvalue weighted by atomic mass is 28.2.